The fraction of sp³-hybridized carbons (Fsp3) is 0.926. The van der Waals surface area contributed by atoms with Crippen molar-refractivity contribution >= 4 is 0 Å². The molecule has 0 aliphatic rings. The van der Waals surface area contributed by atoms with Gasteiger partial charge in [0.15, 0.2) is 0 Å². The van der Waals surface area contributed by atoms with Gasteiger partial charge in [-0.25, -0.2) is 0 Å². The Labute approximate surface area is 391 Å². The second kappa shape index (κ2) is 43.4. The molecular weight excluding hydrogens is 785 g/mol. The Balaban J connectivity index is 4.87. The van der Waals surface area contributed by atoms with E-state index in [1.165, 1.54) is 128 Å². The van der Waals surface area contributed by atoms with Crippen LogP contribution < -0.4 is 10.6 Å². The van der Waals surface area contributed by atoms with Crippen molar-refractivity contribution in [2.75, 3.05) is 52.4 Å². The largest absolute Gasteiger partial charge is 0.392 e. The molecule has 0 heterocycles. The van der Waals surface area contributed by atoms with E-state index in [0.717, 1.165) is 88.7 Å². The maximum atomic E-state index is 11.3. The third kappa shape index (κ3) is 41.9. The van der Waals surface area contributed by atoms with Gasteiger partial charge in [-0.2, -0.15) is 0 Å². The summed E-state index contributed by atoms with van der Waals surface area (Å²) in [6, 6.07) is 0. The smallest absolute Gasteiger partial charge is 0.0727 e. The minimum absolute atomic E-state index is 0.378. The van der Waals surface area contributed by atoms with Gasteiger partial charge in [0.1, 0.15) is 0 Å². The molecule has 0 aromatic carbocycles. The Hall–Kier alpha value is -1.20. The summed E-state index contributed by atoms with van der Waals surface area (Å²) in [6.07, 6.45) is 33.4. The quantitative estimate of drug-likeness (QED) is 0.0298. The minimum Gasteiger partial charge on any atom is -0.392 e. The average Bonchev–Trinajstić information content (AvgIpc) is 3.22. The molecular formula is C54H110N4O5. The van der Waals surface area contributed by atoms with E-state index in [9.17, 15) is 25.5 Å². The van der Waals surface area contributed by atoms with Crippen molar-refractivity contribution < 1.29 is 25.5 Å². The Morgan fingerprint density at radius 3 is 0.905 bits per heavy atom. The predicted octanol–water partition coefficient (Wildman–Crippen LogP) is 11.6. The van der Waals surface area contributed by atoms with Crippen molar-refractivity contribution in [3.8, 4) is 0 Å². The second-order valence-corrected chi connectivity index (χ2v) is 20.0. The number of rotatable bonds is 50. The summed E-state index contributed by atoms with van der Waals surface area (Å²) < 4.78 is 0. The topological polar surface area (TPSA) is 132 Å². The van der Waals surface area contributed by atoms with Crippen molar-refractivity contribution in [1.29, 1.82) is 0 Å². The van der Waals surface area contributed by atoms with Crippen LogP contribution in [0.25, 0.3) is 0 Å². The van der Waals surface area contributed by atoms with Crippen LogP contribution in [0.2, 0.25) is 0 Å². The molecule has 9 heteroatoms. The molecule has 4 atom stereocenters. The van der Waals surface area contributed by atoms with Gasteiger partial charge in [0.2, 0.25) is 0 Å². The molecule has 0 spiro atoms. The normalized spacial score (nSPS) is 14.8. The van der Waals surface area contributed by atoms with Crippen molar-refractivity contribution in [2.24, 2.45) is 0 Å². The molecule has 0 bridgehead atoms. The molecule has 0 saturated carbocycles. The summed E-state index contributed by atoms with van der Waals surface area (Å²) in [4.78, 5) is 4.49. The van der Waals surface area contributed by atoms with Gasteiger partial charge in [0.25, 0.3) is 0 Å². The lowest BCUT2D eigenvalue weighted by Crippen LogP contribution is -2.39. The van der Waals surface area contributed by atoms with Gasteiger partial charge in [-0.15, -0.1) is 0 Å². The number of aliphatic hydroxyl groups excluding tert-OH is 4. The van der Waals surface area contributed by atoms with Gasteiger partial charge in [-0.05, 0) is 45.4 Å². The molecule has 0 aromatic heterocycles. The lowest BCUT2D eigenvalue weighted by atomic mass is 9.95. The van der Waals surface area contributed by atoms with E-state index in [0.29, 0.717) is 52.1 Å². The summed E-state index contributed by atoms with van der Waals surface area (Å²) in [5.41, 5.74) is 0.579. The second-order valence-electron chi connectivity index (χ2n) is 20.0. The SMILES string of the molecule is C=C(CC(C)(O)CC(=C)NCCCN(CC(O)CCCCCCCC)CC(O)CCCCCCCC)NCCCN(CC(O)CCCCCCCC)CC(O)CCCCCCCC. The third-order valence-corrected chi connectivity index (χ3v) is 12.7. The Kier molecular flexibility index (Phi) is 42.5. The number of hydrogen-bond donors (Lipinski definition) is 7. The number of aliphatic hydroxyl groups is 5. The highest BCUT2D eigenvalue weighted by Crippen LogP contribution is 2.21. The van der Waals surface area contributed by atoms with E-state index in [1.54, 1.807) is 0 Å². The van der Waals surface area contributed by atoms with Gasteiger partial charge in [0, 0.05) is 76.6 Å². The summed E-state index contributed by atoms with van der Waals surface area (Å²) >= 11 is 0. The molecule has 7 N–H and O–H groups in total. The van der Waals surface area contributed by atoms with Crippen LogP contribution in [0.5, 0.6) is 0 Å². The molecule has 0 aliphatic heterocycles. The van der Waals surface area contributed by atoms with E-state index in [4.69, 9.17) is 0 Å². The van der Waals surface area contributed by atoms with Crippen LogP contribution in [-0.2, 0) is 0 Å². The van der Waals surface area contributed by atoms with E-state index >= 15 is 0 Å². The zero-order valence-corrected chi connectivity index (χ0v) is 42.6. The molecule has 0 radical (unpaired) electrons. The Morgan fingerprint density at radius 1 is 0.413 bits per heavy atom. The molecule has 9 nitrogen and oxygen atoms in total. The molecule has 4 unspecified atom stereocenters. The van der Waals surface area contributed by atoms with E-state index in [1.807, 2.05) is 6.92 Å². The fourth-order valence-electron chi connectivity index (χ4n) is 8.96. The van der Waals surface area contributed by atoms with E-state index in [2.05, 4.69) is 61.3 Å². The lowest BCUT2D eigenvalue weighted by Gasteiger charge is -2.29. The molecule has 0 saturated heterocycles. The first-order valence-corrected chi connectivity index (χ1v) is 27.1. The van der Waals surface area contributed by atoms with E-state index < -0.39 is 5.60 Å². The first-order valence-electron chi connectivity index (χ1n) is 27.1. The van der Waals surface area contributed by atoms with Crippen molar-refractivity contribution in [1.82, 2.24) is 20.4 Å². The molecule has 0 rings (SSSR count). The van der Waals surface area contributed by atoms with Crippen LogP contribution >= 0.6 is 0 Å². The third-order valence-electron chi connectivity index (χ3n) is 12.7. The van der Waals surface area contributed by atoms with Gasteiger partial charge in [-0.1, -0.05) is 195 Å². The predicted molar refractivity (Wildman–Crippen MR) is 272 cm³/mol. The number of hydrogen-bond acceptors (Lipinski definition) is 9. The number of nitrogens with one attached hydrogen (secondary N) is 2. The van der Waals surface area contributed by atoms with Gasteiger partial charge in [0.05, 0.1) is 30.0 Å². The van der Waals surface area contributed by atoms with Crippen LogP contribution in [0.4, 0.5) is 0 Å². The highest BCUT2D eigenvalue weighted by Gasteiger charge is 2.23. The standard InChI is InChI=1S/C54H110N4O5/c1-8-12-16-20-24-28-34-50(59)44-57(45-51(60)35-29-25-21-17-13-9-2)40-32-38-55-48(5)42-54(7,63)43-49(6)56-39-33-41-58(46-52(61)36-30-26-22-18-14-10-3)47-53(62)37-31-27-23-19-15-11-4/h50-53,55-56,59-63H,5-6,8-47H2,1-4,7H3. The summed E-state index contributed by atoms with van der Waals surface area (Å²) in [5.74, 6) is 0. The fourth-order valence-corrected chi connectivity index (χ4v) is 8.96. The zero-order chi connectivity index (χ0) is 46.8. The van der Waals surface area contributed by atoms with Gasteiger partial charge >= 0.3 is 0 Å². The van der Waals surface area contributed by atoms with Crippen LogP contribution in [0.15, 0.2) is 24.6 Å². The maximum absolute atomic E-state index is 11.3. The van der Waals surface area contributed by atoms with Crippen molar-refractivity contribution in [2.45, 2.75) is 270 Å². The van der Waals surface area contributed by atoms with Crippen molar-refractivity contribution in [3.05, 3.63) is 24.6 Å². The lowest BCUT2D eigenvalue weighted by molar-refractivity contribution is 0.0554. The van der Waals surface area contributed by atoms with Gasteiger partial charge < -0.3 is 36.2 Å². The first kappa shape index (κ1) is 61.8. The van der Waals surface area contributed by atoms with Crippen LogP contribution in [0, 0.1) is 0 Å². The number of nitrogens with zero attached hydrogens (tertiary/aromatic N) is 2. The number of unbranched alkanes of at least 4 members (excludes halogenated alkanes) is 20. The highest BCUT2D eigenvalue weighted by molar-refractivity contribution is 5.04. The monoisotopic (exact) mass is 895 g/mol. The molecule has 376 valence electrons. The molecule has 0 fully saturated rings. The molecule has 0 aromatic rings. The maximum Gasteiger partial charge on any atom is 0.0727 e. The van der Waals surface area contributed by atoms with E-state index in [-0.39, 0.29) is 24.4 Å². The summed E-state index contributed by atoms with van der Waals surface area (Å²) in [5, 5.41) is 61.9. The molecule has 0 amide bonds. The Bertz CT molecular complexity index is 891. The zero-order valence-electron chi connectivity index (χ0n) is 42.6. The van der Waals surface area contributed by atoms with Crippen LogP contribution in [0.3, 0.4) is 0 Å². The van der Waals surface area contributed by atoms with Crippen LogP contribution in [0.1, 0.15) is 240 Å². The Morgan fingerprint density at radius 2 is 0.651 bits per heavy atom. The minimum atomic E-state index is -1.01. The van der Waals surface area contributed by atoms with Crippen molar-refractivity contribution in [3.63, 3.8) is 0 Å². The summed E-state index contributed by atoms with van der Waals surface area (Å²) in [6.45, 7) is 24.6. The average molecular weight is 895 g/mol. The molecule has 63 heavy (non-hydrogen) atoms. The van der Waals surface area contributed by atoms with Crippen LogP contribution in [-0.4, -0.2) is 118 Å². The highest BCUT2D eigenvalue weighted by atomic mass is 16.3. The molecule has 0 aliphatic carbocycles. The summed E-state index contributed by atoms with van der Waals surface area (Å²) in [7, 11) is 0. The van der Waals surface area contributed by atoms with Gasteiger partial charge in [-0.3, -0.25) is 9.80 Å². The first-order chi connectivity index (χ1) is 30.3.